The molecule has 0 saturated heterocycles. The molecule has 0 heterocycles. The Morgan fingerprint density at radius 3 is 2.30 bits per heavy atom. The summed E-state index contributed by atoms with van der Waals surface area (Å²) in [5.41, 5.74) is 3.49. The lowest BCUT2D eigenvalue weighted by Crippen LogP contribution is -2.26. The maximum atomic E-state index is 5.07. The molecular formula is C24H28N2S. The van der Waals surface area contributed by atoms with E-state index < -0.39 is 0 Å². The summed E-state index contributed by atoms with van der Waals surface area (Å²) < 4.78 is 0. The molecule has 0 amide bonds. The molecule has 0 radical (unpaired) electrons. The molecule has 3 heteroatoms. The van der Waals surface area contributed by atoms with Crippen LogP contribution in [0.3, 0.4) is 0 Å². The molecule has 0 fully saturated rings. The molecule has 3 rings (SSSR count). The molecule has 0 atom stereocenters. The van der Waals surface area contributed by atoms with Crippen LogP contribution in [0.1, 0.15) is 25.0 Å². The summed E-state index contributed by atoms with van der Waals surface area (Å²) in [5.74, 6) is 0. The van der Waals surface area contributed by atoms with Crippen LogP contribution in [0, 0.1) is 0 Å². The van der Waals surface area contributed by atoms with Crippen LogP contribution in [-0.4, -0.2) is 43.0 Å². The maximum Gasteiger partial charge on any atom is 0.0725 e. The van der Waals surface area contributed by atoms with Crippen LogP contribution in [-0.2, 0) is 0 Å². The van der Waals surface area contributed by atoms with Crippen LogP contribution < -0.4 is 0 Å². The van der Waals surface area contributed by atoms with Gasteiger partial charge < -0.3 is 4.90 Å². The molecule has 0 spiro atoms. The van der Waals surface area contributed by atoms with E-state index in [-0.39, 0.29) is 0 Å². The van der Waals surface area contributed by atoms with Gasteiger partial charge >= 0.3 is 0 Å². The van der Waals surface area contributed by atoms with E-state index in [0.29, 0.717) is 0 Å². The van der Waals surface area contributed by atoms with Gasteiger partial charge in [-0.05, 0) is 42.3 Å². The second kappa shape index (κ2) is 9.72. The Hall–Kier alpha value is -2.10. The van der Waals surface area contributed by atoms with Gasteiger partial charge in [0.15, 0.2) is 0 Å². The van der Waals surface area contributed by atoms with Gasteiger partial charge in [0, 0.05) is 22.6 Å². The first-order chi connectivity index (χ1) is 13.3. The lowest BCUT2D eigenvalue weighted by Gasteiger charge is -2.17. The van der Waals surface area contributed by atoms with Gasteiger partial charge in [0.2, 0.25) is 0 Å². The Kier molecular flexibility index (Phi) is 7.08. The highest BCUT2D eigenvalue weighted by Crippen LogP contribution is 2.23. The fourth-order valence-corrected chi connectivity index (χ4v) is 3.76. The molecule has 3 aromatic carbocycles. The second-order valence-corrected chi connectivity index (χ2v) is 7.39. The monoisotopic (exact) mass is 376 g/mol. The molecule has 140 valence electrons. The van der Waals surface area contributed by atoms with E-state index in [0.717, 1.165) is 31.9 Å². The quantitative estimate of drug-likeness (QED) is 0.368. The molecule has 0 aromatic heterocycles. The number of hydrogen-bond acceptors (Lipinski definition) is 3. The van der Waals surface area contributed by atoms with E-state index in [1.165, 1.54) is 26.8 Å². The Bertz CT molecular complexity index is 890. The van der Waals surface area contributed by atoms with E-state index in [4.69, 9.17) is 4.99 Å². The zero-order valence-corrected chi connectivity index (χ0v) is 17.3. The zero-order valence-electron chi connectivity index (χ0n) is 16.5. The normalized spacial score (nSPS) is 12.1. The molecule has 0 aliphatic heterocycles. The van der Waals surface area contributed by atoms with Crippen molar-refractivity contribution in [3.63, 3.8) is 0 Å². The van der Waals surface area contributed by atoms with Crippen molar-refractivity contribution in [2.24, 2.45) is 4.99 Å². The standard InChI is InChI=1S/C24H28N2S/c1-4-26(5-2)18-17-25-24(20-13-15-21(27-3)16-14-20)23-12-8-10-19-9-6-7-11-22(19)23/h6-16H,4-5,17-18H2,1-3H3. The van der Waals surface area contributed by atoms with Gasteiger partial charge in [-0.15, -0.1) is 11.8 Å². The van der Waals surface area contributed by atoms with Gasteiger partial charge in [-0.3, -0.25) is 4.99 Å². The lowest BCUT2D eigenvalue weighted by molar-refractivity contribution is 0.313. The summed E-state index contributed by atoms with van der Waals surface area (Å²) in [6.45, 7) is 8.35. The number of aliphatic imine (C=N–C) groups is 1. The summed E-state index contributed by atoms with van der Waals surface area (Å²) in [7, 11) is 0. The van der Waals surface area contributed by atoms with Gasteiger partial charge in [0.05, 0.1) is 12.3 Å². The van der Waals surface area contributed by atoms with Crippen LogP contribution in [0.2, 0.25) is 0 Å². The second-order valence-electron chi connectivity index (χ2n) is 6.51. The summed E-state index contributed by atoms with van der Waals surface area (Å²) >= 11 is 1.77. The van der Waals surface area contributed by atoms with Crippen molar-refractivity contribution in [1.29, 1.82) is 0 Å². The van der Waals surface area contributed by atoms with Crippen LogP contribution in [0.15, 0.2) is 76.6 Å². The Morgan fingerprint density at radius 2 is 1.59 bits per heavy atom. The Balaban J connectivity index is 2.03. The fraction of sp³-hybridized carbons (Fsp3) is 0.292. The summed E-state index contributed by atoms with van der Waals surface area (Å²) in [5, 5.41) is 2.52. The van der Waals surface area contributed by atoms with Crippen molar-refractivity contribution in [3.05, 3.63) is 77.9 Å². The van der Waals surface area contributed by atoms with E-state index in [2.05, 4.69) is 91.7 Å². The molecule has 0 N–H and O–H groups in total. The van der Waals surface area contributed by atoms with Gasteiger partial charge in [-0.25, -0.2) is 0 Å². The average molecular weight is 377 g/mol. The number of benzene rings is 3. The van der Waals surface area contributed by atoms with E-state index >= 15 is 0 Å². The summed E-state index contributed by atoms with van der Waals surface area (Å²) in [4.78, 5) is 8.77. The smallest absolute Gasteiger partial charge is 0.0725 e. The SMILES string of the molecule is CCN(CC)CCN=C(c1ccc(SC)cc1)c1cccc2ccccc12. The number of likely N-dealkylation sites (N-methyl/N-ethyl adjacent to an activating group) is 1. The van der Waals surface area contributed by atoms with Crippen LogP contribution in [0.25, 0.3) is 10.8 Å². The highest BCUT2D eigenvalue weighted by Gasteiger charge is 2.11. The predicted molar refractivity (Wildman–Crippen MR) is 120 cm³/mol. The minimum Gasteiger partial charge on any atom is -0.302 e. The maximum absolute atomic E-state index is 5.07. The third-order valence-electron chi connectivity index (χ3n) is 4.99. The molecule has 27 heavy (non-hydrogen) atoms. The van der Waals surface area contributed by atoms with Crippen molar-refractivity contribution in [2.45, 2.75) is 18.7 Å². The average Bonchev–Trinajstić information content (AvgIpc) is 2.74. The molecular weight excluding hydrogens is 348 g/mol. The van der Waals surface area contributed by atoms with E-state index in [1.54, 1.807) is 11.8 Å². The lowest BCUT2D eigenvalue weighted by atomic mass is 9.96. The molecule has 2 nitrogen and oxygen atoms in total. The minimum absolute atomic E-state index is 0.810. The third-order valence-corrected chi connectivity index (χ3v) is 5.73. The van der Waals surface area contributed by atoms with Gasteiger partial charge in [0.25, 0.3) is 0 Å². The van der Waals surface area contributed by atoms with Crippen LogP contribution in [0.4, 0.5) is 0 Å². The van der Waals surface area contributed by atoms with Crippen molar-refractivity contribution in [1.82, 2.24) is 4.90 Å². The molecule has 0 aliphatic carbocycles. The van der Waals surface area contributed by atoms with Crippen molar-refractivity contribution >= 4 is 28.2 Å². The van der Waals surface area contributed by atoms with E-state index in [1.807, 2.05) is 0 Å². The third kappa shape index (κ3) is 4.79. The number of nitrogens with zero attached hydrogens (tertiary/aromatic N) is 2. The number of rotatable bonds is 8. The topological polar surface area (TPSA) is 15.6 Å². The largest absolute Gasteiger partial charge is 0.302 e. The Labute approximate surface area is 167 Å². The summed E-state index contributed by atoms with van der Waals surface area (Å²) in [6, 6.07) is 23.8. The molecule has 0 aliphatic rings. The fourth-order valence-electron chi connectivity index (χ4n) is 3.36. The zero-order chi connectivity index (χ0) is 19.1. The van der Waals surface area contributed by atoms with Crippen LogP contribution in [0.5, 0.6) is 0 Å². The van der Waals surface area contributed by atoms with Gasteiger partial charge in [0.1, 0.15) is 0 Å². The Morgan fingerprint density at radius 1 is 0.889 bits per heavy atom. The molecule has 0 unspecified atom stereocenters. The van der Waals surface area contributed by atoms with Gasteiger partial charge in [-0.1, -0.05) is 68.4 Å². The number of thioether (sulfide) groups is 1. The first-order valence-corrected chi connectivity index (χ1v) is 10.9. The predicted octanol–water partition coefficient (Wildman–Crippen LogP) is 5.74. The molecule has 0 bridgehead atoms. The molecule has 0 saturated carbocycles. The summed E-state index contributed by atoms with van der Waals surface area (Å²) in [6.07, 6.45) is 2.11. The number of fused-ring (bicyclic) bond motifs is 1. The highest BCUT2D eigenvalue weighted by molar-refractivity contribution is 7.98. The van der Waals surface area contributed by atoms with Crippen molar-refractivity contribution in [3.8, 4) is 0 Å². The highest BCUT2D eigenvalue weighted by atomic mass is 32.2. The van der Waals surface area contributed by atoms with Crippen molar-refractivity contribution in [2.75, 3.05) is 32.4 Å². The van der Waals surface area contributed by atoms with Crippen LogP contribution >= 0.6 is 11.8 Å². The van der Waals surface area contributed by atoms with Gasteiger partial charge in [-0.2, -0.15) is 0 Å². The minimum atomic E-state index is 0.810. The molecule has 3 aromatic rings. The number of hydrogen-bond donors (Lipinski definition) is 0. The van der Waals surface area contributed by atoms with Crippen molar-refractivity contribution < 1.29 is 0 Å². The first kappa shape index (κ1) is 19.7. The van der Waals surface area contributed by atoms with E-state index in [9.17, 15) is 0 Å². The first-order valence-electron chi connectivity index (χ1n) is 9.66.